The minimum absolute atomic E-state index is 0. The van der Waals surface area contributed by atoms with Gasteiger partial charge in [-0.3, -0.25) is 4.79 Å². The third kappa shape index (κ3) is 5.84. The van der Waals surface area contributed by atoms with Crippen molar-refractivity contribution in [1.29, 1.82) is 0 Å². The SMILES string of the molecule is CCCNC(=O)Nc1ccc(CC(=O)N2CCC3(CCNC3)CC2)cc1.Cl. The molecule has 0 unspecified atom stereocenters. The largest absolute Gasteiger partial charge is 0.342 e. The molecule has 27 heavy (non-hydrogen) atoms. The lowest BCUT2D eigenvalue weighted by atomic mass is 9.78. The first kappa shape index (κ1) is 21.5. The Morgan fingerprint density at radius 3 is 2.44 bits per heavy atom. The molecule has 3 amide bonds. The van der Waals surface area contributed by atoms with E-state index in [4.69, 9.17) is 0 Å². The Hall–Kier alpha value is -1.79. The molecule has 0 bridgehead atoms. The fourth-order valence-corrected chi connectivity index (χ4v) is 3.86. The molecule has 0 saturated carbocycles. The molecule has 0 radical (unpaired) electrons. The lowest BCUT2D eigenvalue weighted by molar-refractivity contribution is -0.132. The molecule has 1 aromatic rings. The van der Waals surface area contributed by atoms with Crippen LogP contribution in [0.1, 0.15) is 38.2 Å². The molecular formula is C20H31ClN4O2. The van der Waals surface area contributed by atoms with Crippen LogP contribution in [-0.4, -0.2) is 49.6 Å². The zero-order chi connectivity index (χ0) is 18.4. The Balaban J connectivity index is 0.00000261. The number of likely N-dealkylation sites (tertiary alicyclic amines) is 1. The molecule has 1 aromatic carbocycles. The highest BCUT2D eigenvalue weighted by Crippen LogP contribution is 2.36. The average molecular weight is 395 g/mol. The quantitative estimate of drug-likeness (QED) is 0.718. The summed E-state index contributed by atoms with van der Waals surface area (Å²) in [6.45, 7) is 6.64. The summed E-state index contributed by atoms with van der Waals surface area (Å²) in [7, 11) is 0. The molecule has 1 spiro atoms. The van der Waals surface area contributed by atoms with E-state index < -0.39 is 0 Å². The number of hydrogen-bond acceptors (Lipinski definition) is 3. The number of carbonyl (C=O) groups excluding carboxylic acids is 2. The first-order valence-electron chi connectivity index (χ1n) is 9.72. The van der Waals surface area contributed by atoms with Gasteiger partial charge in [0.05, 0.1) is 6.42 Å². The van der Waals surface area contributed by atoms with Crippen LogP contribution in [0.5, 0.6) is 0 Å². The second-order valence-corrected chi connectivity index (χ2v) is 7.56. The number of rotatable bonds is 5. The first-order chi connectivity index (χ1) is 12.6. The van der Waals surface area contributed by atoms with Gasteiger partial charge >= 0.3 is 6.03 Å². The van der Waals surface area contributed by atoms with Crippen molar-refractivity contribution >= 4 is 30.0 Å². The van der Waals surface area contributed by atoms with Crippen LogP contribution in [0.25, 0.3) is 0 Å². The fourth-order valence-electron chi connectivity index (χ4n) is 3.86. The van der Waals surface area contributed by atoms with Crippen LogP contribution in [0, 0.1) is 5.41 Å². The maximum absolute atomic E-state index is 12.6. The van der Waals surface area contributed by atoms with Crippen LogP contribution >= 0.6 is 12.4 Å². The van der Waals surface area contributed by atoms with Crippen LogP contribution in [0.4, 0.5) is 10.5 Å². The van der Waals surface area contributed by atoms with Gasteiger partial charge in [-0.1, -0.05) is 19.1 Å². The maximum Gasteiger partial charge on any atom is 0.319 e. The highest BCUT2D eigenvalue weighted by atomic mass is 35.5. The summed E-state index contributed by atoms with van der Waals surface area (Å²) in [6, 6.07) is 7.34. The molecule has 2 saturated heterocycles. The topological polar surface area (TPSA) is 73.5 Å². The maximum atomic E-state index is 12.6. The van der Waals surface area contributed by atoms with Crippen molar-refractivity contribution in [2.75, 3.05) is 38.0 Å². The van der Waals surface area contributed by atoms with E-state index in [1.807, 2.05) is 36.1 Å². The van der Waals surface area contributed by atoms with Crippen LogP contribution in [-0.2, 0) is 11.2 Å². The normalized spacial score (nSPS) is 18.0. The standard InChI is InChI=1S/C20H30N4O2.ClH/c1-2-10-22-19(26)23-17-5-3-16(4-6-17)14-18(25)24-12-8-20(9-13-24)7-11-21-15-20;/h3-6,21H,2,7-15H2,1H3,(H2,22,23,26);1H. The minimum Gasteiger partial charge on any atom is -0.342 e. The Morgan fingerprint density at radius 1 is 1.15 bits per heavy atom. The van der Waals surface area contributed by atoms with Crippen LogP contribution in [0.2, 0.25) is 0 Å². The molecule has 0 atom stereocenters. The van der Waals surface area contributed by atoms with Crippen molar-refractivity contribution in [3.05, 3.63) is 29.8 Å². The smallest absolute Gasteiger partial charge is 0.319 e. The van der Waals surface area contributed by atoms with Gasteiger partial charge in [0.2, 0.25) is 5.91 Å². The molecule has 0 aliphatic carbocycles. The van der Waals surface area contributed by atoms with Gasteiger partial charge in [0.25, 0.3) is 0 Å². The minimum atomic E-state index is -0.195. The van der Waals surface area contributed by atoms with Gasteiger partial charge in [-0.15, -0.1) is 12.4 Å². The van der Waals surface area contributed by atoms with E-state index in [1.165, 1.54) is 6.42 Å². The van der Waals surface area contributed by atoms with Crippen LogP contribution < -0.4 is 16.0 Å². The van der Waals surface area contributed by atoms with Gasteiger partial charge in [0, 0.05) is 31.9 Å². The number of nitrogens with one attached hydrogen (secondary N) is 3. The number of nitrogens with zero attached hydrogens (tertiary/aromatic N) is 1. The summed E-state index contributed by atoms with van der Waals surface area (Å²) in [5.41, 5.74) is 2.16. The lowest BCUT2D eigenvalue weighted by Crippen LogP contribution is -2.44. The second-order valence-electron chi connectivity index (χ2n) is 7.56. The number of hydrogen-bond donors (Lipinski definition) is 3. The molecule has 2 fully saturated rings. The van der Waals surface area contributed by atoms with Gasteiger partial charge in [-0.25, -0.2) is 4.79 Å². The van der Waals surface area contributed by atoms with E-state index in [1.54, 1.807) is 0 Å². The van der Waals surface area contributed by atoms with E-state index in [-0.39, 0.29) is 24.3 Å². The van der Waals surface area contributed by atoms with Crippen molar-refractivity contribution in [3.63, 3.8) is 0 Å². The molecule has 150 valence electrons. The monoisotopic (exact) mass is 394 g/mol. The van der Waals surface area contributed by atoms with Crippen molar-refractivity contribution in [3.8, 4) is 0 Å². The summed E-state index contributed by atoms with van der Waals surface area (Å²) in [6.07, 6.45) is 4.80. The van der Waals surface area contributed by atoms with Crippen LogP contribution in [0.15, 0.2) is 24.3 Å². The number of carbonyl (C=O) groups is 2. The number of amides is 3. The molecular weight excluding hydrogens is 364 g/mol. The van der Waals surface area contributed by atoms with Crippen molar-refractivity contribution in [2.24, 2.45) is 5.41 Å². The summed E-state index contributed by atoms with van der Waals surface area (Å²) in [5, 5.41) is 9.03. The van der Waals surface area contributed by atoms with Crippen molar-refractivity contribution in [2.45, 2.75) is 39.0 Å². The summed E-state index contributed by atoms with van der Waals surface area (Å²) in [4.78, 5) is 26.2. The lowest BCUT2D eigenvalue weighted by Gasteiger charge is -2.39. The molecule has 7 heteroatoms. The van der Waals surface area contributed by atoms with E-state index in [0.29, 0.717) is 18.4 Å². The number of urea groups is 1. The van der Waals surface area contributed by atoms with E-state index >= 15 is 0 Å². The summed E-state index contributed by atoms with van der Waals surface area (Å²) >= 11 is 0. The molecule has 3 N–H and O–H groups in total. The Bertz CT molecular complexity index is 619. The van der Waals surface area contributed by atoms with Crippen molar-refractivity contribution < 1.29 is 9.59 Å². The van der Waals surface area contributed by atoms with Gasteiger partial charge in [-0.2, -0.15) is 0 Å². The molecule has 3 rings (SSSR count). The average Bonchev–Trinajstić information content (AvgIpc) is 3.10. The molecule has 0 aromatic heterocycles. The third-order valence-electron chi connectivity index (χ3n) is 5.61. The van der Waals surface area contributed by atoms with Gasteiger partial charge in [0.1, 0.15) is 0 Å². The van der Waals surface area contributed by atoms with E-state index in [2.05, 4.69) is 16.0 Å². The Morgan fingerprint density at radius 2 is 1.85 bits per heavy atom. The number of piperidine rings is 1. The molecule has 2 aliphatic heterocycles. The Labute approximate surface area is 167 Å². The van der Waals surface area contributed by atoms with E-state index in [9.17, 15) is 9.59 Å². The van der Waals surface area contributed by atoms with Gasteiger partial charge < -0.3 is 20.9 Å². The number of halogens is 1. The van der Waals surface area contributed by atoms with Crippen molar-refractivity contribution in [1.82, 2.24) is 15.5 Å². The number of benzene rings is 1. The molecule has 2 heterocycles. The zero-order valence-electron chi connectivity index (χ0n) is 16.1. The predicted octanol–water partition coefficient (Wildman–Crippen LogP) is 2.78. The molecule has 6 nitrogen and oxygen atoms in total. The zero-order valence-corrected chi connectivity index (χ0v) is 16.9. The summed E-state index contributed by atoms with van der Waals surface area (Å²) in [5.74, 6) is 0.201. The predicted molar refractivity (Wildman–Crippen MR) is 110 cm³/mol. The second kappa shape index (κ2) is 9.95. The highest BCUT2D eigenvalue weighted by Gasteiger charge is 2.37. The Kier molecular flexibility index (Phi) is 7.92. The van der Waals surface area contributed by atoms with Gasteiger partial charge in [-0.05, 0) is 55.3 Å². The number of anilines is 1. The third-order valence-corrected chi connectivity index (χ3v) is 5.61. The highest BCUT2D eigenvalue weighted by molar-refractivity contribution is 5.89. The van der Waals surface area contributed by atoms with Crippen LogP contribution in [0.3, 0.4) is 0 Å². The fraction of sp³-hybridized carbons (Fsp3) is 0.600. The van der Waals surface area contributed by atoms with E-state index in [0.717, 1.165) is 56.7 Å². The molecule has 2 aliphatic rings. The summed E-state index contributed by atoms with van der Waals surface area (Å²) < 4.78 is 0. The first-order valence-corrected chi connectivity index (χ1v) is 9.72. The van der Waals surface area contributed by atoms with Gasteiger partial charge in [0.15, 0.2) is 0 Å².